The molecule has 1 fully saturated rings. The summed E-state index contributed by atoms with van der Waals surface area (Å²) in [5, 5.41) is 0.504. The first kappa shape index (κ1) is 38.6. The summed E-state index contributed by atoms with van der Waals surface area (Å²) < 4.78 is 34.0. The monoisotopic (exact) mass is 709 g/mol. The smallest absolute Gasteiger partial charge is 0.261 e. The maximum atomic E-state index is 15.9. The molecule has 3 aromatic heterocycles. The molecule has 0 spiro atoms. The van der Waals surface area contributed by atoms with E-state index in [0.29, 0.717) is 31.4 Å². The second-order valence-electron chi connectivity index (χ2n) is 13.1. The van der Waals surface area contributed by atoms with Crippen molar-refractivity contribution in [1.29, 1.82) is 0 Å². The van der Waals surface area contributed by atoms with Crippen LogP contribution in [0.15, 0.2) is 66.0 Å². The molecule has 54 heavy (non-hydrogen) atoms. The van der Waals surface area contributed by atoms with Gasteiger partial charge < -0.3 is 29.8 Å². The lowest BCUT2D eigenvalue weighted by molar-refractivity contribution is 0.0612. The first-order chi connectivity index (χ1) is 25.6. The summed E-state index contributed by atoms with van der Waals surface area (Å²) in [6.45, 7) is 3.75. The average molecular weight is 709 g/mol. The standard InChI is InChI=1S/C37H30B6FN5O5/c1-18-3-6-27(46-13-18)24-16-49(15-19-7-9-53-10-8-19)17-25(32(24)50)36(51)48-21-4-5-22(26(44)12-21)23-11-20(14-47-35(23)45)28-29(38)31(40)33(52-2)34(30(28)39)54-37(41,42)43/h3-6,11-14,16-17,19H,7-10,15H2,1-2H3,(H2,45,47)(H,48,51). The Hall–Kier alpha value is -5.16. The molecular formula is C37H30B6FN5O5. The quantitative estimate of drug-likeness (QED) is 0.208. The Morgan fingerprint density at radius 2 is 1.72 bits per heavy atom. The molecule has 0 saturated carbocycles. The predicted molar refractivity (Wildman–Crippen MR) is 213 cm³/mol. The van der Waals surface area contributed by atoms with Crippen molar-refractivity contribution in [3.63, 3.8) is 0 Å². The van der Waals surface area contributed by atoms with Crippen molar-refractivity contribution in [2.45, 2.75) is 31.6 Å². The number of pyridine rings is 3. The van der Waals surface area contributed by atoms with Gasteiger partial charge in [-0.3, -0.25) is 14.6 Å². The highest BCUT2D eigenvalue weighted by Gasteiger charge is 2.25. The first-order valence-electron chi connectivity index (χ1n) is 16.9. The van der Waals surface area contributed by atoms with Gasteiger partial charge in [0.2, 0.25) is 5.43 Å². The van der Waals surface area contributed by atoms with Crippen molar-refractivity contribution in [2.24, 2.45) is 5.92 Å². The van der Waals surface area contributed by atoms with Gasteiger partial charge in [-0.1, -0.05) is 17.0 Å². The number of ether oxygens (including phenoxy) is 3. The molecule has 0 bridgehead atoms. The van der Waals surface area contributed by atoms with Crippen LogP contribution in [0, 0.1) is 18.7 Å². The highest BCUT2D eigenvalue weighted by atomic mass is 19.1. The minimum absolute atomic E-state index is 0.00142. The highest BCUT2D eigenvalue weighted by molar-refractivity contribution is 6.59. The Bertz CT molecular complexity index is 2300. The fourth-order valence-electron chi connectivity index (χ4n) is 6.32. The molecule has 1 amide bonds. The Morgan fingerprint density at radius 1 is 0.981 bits per heavy atom. The van der Waals surface area contributed by atoms with Crippen molar-refractivity contribution >= 4 is 80.9 Å². The van der Waals surface area contributed by atoms with Gasteiger partial charge in [0.1, 0.15) is 64.3 Å². The van der Waals surface area contributed by atoms with Crippen molar-refractivity contribution in [1.82, 2.24) is 14.5 Å². The minimum Gasteiger partial charge on any atom is -0.513 e. The van der Waals surface area contributed by atoms with Crippen molar-refractivity contribution in [3.05, 3.63) is 88.4 Å². The Kier molecular flexibility index (Phi) is 11.2. The van der Waals surface area contributed by atoms with Crippen LogP contribution < -0.4 is 42.3 Å². The zero-order chi connectivity index (χ0) is 38.9. The van der Waals surface area contributed by atoms with Gasteiger partial charge in [0.05, 0.1) is 18.4 Å². The lowest BCUT2D eigenvalue weighted by Crippen LogP contribution is -2.42. The molecule has 0 unspecified atom stereocenters. The molecule has 6 rings (SSSR count). The van der Waals surface area contributed by atoms with Crippen LogP contribution in [-0.2, 0) is 11.3 Å². The minimum atomic E-state index is -2.16. The average Bonchev–Trinajstić information content (AvgIpc) is 3.12. The molecule has 1 aliphatic heterocycles. The topological polar surface area (TPSA) is 131 Å². The summed E-state index contributed by atoms with van der Waals surface area (Å²) in [7, 11) is 37.4. The fourth-order valence-corrected chi connectivity index (χ4v) is 6.32. The second kappa shape index (κ2) is 15.7. The van der Waals surface area contributed by atoms with E-state index in [1.54, 1.807) is 18.5 Å². The molecule has 10 nitrogen and oxygen atoms in total. The predicted octanol–water partition coefficient (Wildman–Crippen LogP) is 1.23. The number of carbonyl (C=O) groups excluding carboxylic acids is 1. The van der Waals surface area contributed by atoms with E-state index in [-0.39, 0.29) is 72.8 Å². The van der Waals surface area contributed by atoms with E-state index in [0.717, 1.165) is 24.5 Å². The Labute approximate surface area is 320 Å². The van der Waals surface area contributed by atoms with E-state index in [9.17, 15) is 9.59 Å². The fraction of sp³-hybridized carbons (Fsp3) is 0.243. The number of methoxy groups -OCH3 is 1. The van der Waals surface area contributed by atoms with Crippen LogP contribution in [0.4, 0.5) is 15.9 Å². The van der Waals surface area contributed by atoms with E-state index >= 15 is 4.39 Å². The van der Waals surface area contributed by atoms with Crippen LogP contribution in [-0.4, -0.2) is 93.1 Å². The second-order valence-corrected chi connectivity index (χ2v) is 13.1. The molecule has 5 aromatic rings. The lowest BCUT2D eigenvalue weighted by atomic mass is 9.52. The number of aromatic nitrogens is 3. The first-order valence-corrected chi connectivity index (χ1v) is 16.9. The number of hydrogen-bond acceptors (Lipinski definition) is 8. The van der Waals surface area contributed by atoms with Crippen molar-refractivity contribution in [2.75, 3.05) is 31.4 Å². The number of aryl methyl sites for hydroxylation is 1. The Morgan fingerprint density at radius 3 is 2.37 bits per heavy atom. The third-order valence-electron chi connectivity index (χ3n) is 9.05. The number of benzene rings is 2. The summed E-state index contributed by atoms with van der Waals surface area (Å²) >= 11 is 0. The van der Waals surface area contributed by atoms with Crippen LogP contribution in [0.3, 0.4) is 0 Å². The van der Waals surface area contributed by atoms with E-state index in [2.05, 4.69) is 15.3 Å². The van der Waals surface area contributed by atoms with Crippen LogP contribution in [0.1, 0.15) is 28.8 Å². The molecule has 12 radical (unpaired) electrons. The van der Waals surface area contributed by atoms with Gasteiger partial charge in [-0.2, -0.15) is 0 Å². The summed E-state index contributed by atoms with van der Waals surface area (Å²) in [5.41, 5.74) is 7.77. The van der Waals surface area contributed by atoms with Crippen LogP contribution >= 0.6 is 0 Å². The lowest BCUT2D eigenvalue weighted by Gasteiger charge is -2.29. The number of nitrogens with zero attached hydrogens (tertiary/aromatic N) is 3. The number of nitrogens with one attached hydrogen (secondary N) is 1. The largest absolute Gasteiger partial charge is 0.513 e. The maximum Gasteiger partial charge on any atom is 0.261 e. The molecule has 1 aliphatic rings. The number of halogens is 1. The number of rotatable bonds is 10. The maximum absolute atomic E-state index is 15.9. The molecule has 258 valence electrons. The number of hydrogen-bond donors (Lipinski definition) is 2. The molecule has 0 aliphatic carbocycles. The van der Waals surface area contributed by atoms with Gasteiger partial charge in [0, 0.05) is 61.4 Å². The van der Waals surface area contributed by atoms with Gasteiger partial charge in [0.25, 0.3) is 5.91 Å². The molecule has 2 aromatic carbocycles. The number of carbonyl (C=O) groups is 1. The van der Waals surface area contributed by atoms with E-state index < -0.39 is 22.5 Å². The van der Waals surface area contributed by atoms with E-state index in [1.807, 2.05) is 17.6 Å². The third-order valence-corrected chi connectivity index (χ3v) is 9.05. The third kappa shape index (κ3) is 8.16. The highest BCUT2D eigenvalue weighted by Crippen LogP contribution is 2.34. The summed E-state index contributed by atoms with van der Waals surface area (Å²) in [4.78, 5) is 36.1. The van der Waals surface area contributed by atoms with Crippen LogP contribution in [0.5, 0.6) is 11.5 Å². The number of amides is 1. The molecule has 1 saturated heterocycles. The Balaban J connectivity index is 1.33. The van der Waals surface area contributed by atoms with E-state index in [4.69, 9.17) is 67.0 Å². The number of anilines is 2. The normalized spacial score (nSPS) is 13.4. The van der Waals surface area contributed by atoms with Gasteiger partial charge in [-0.05, 0) is 83.5 Å². The van der Waals surface area contributed by atoms with Gasteiger partial charge in [0.15, 0.2) is 11.5 Å². The summed E-state index contributed by atoms with van der Waals surface area (Å²) in [5.74, 6) is -1.43. The van der Waals surface area contributed by atoms with Crippen molar-refractivity contribution < 1.29 is 23.4 Å². The van der Waals surface area contributed by atoms with Gasteiger partial charge in [-0.25, -0.2) is 9.37 Å². The zero-order valence-electron chi connectivity index (χ0n) is 29.7. The molecule has 17 heteroatoms. The summed E-state index contributed by atoms with van der Waals surface area (Å²) in [6, 6.07) is 9.07. The van der Waals surface area contributed by atoms with Crippen LogP contribution in [0.25, 0.3) is 33.5 Å². The van der Waals surface area contributed by atoms with Crippen LogP contribution in [0.2, 0.25) is 0 Å². The van der Waals surface area contributed by atoms with Gasteiger partial charge >= 0.3 is 0 Å². The molecule has 0 atom stereocenters. The zero-order valence-corrected chi connectivity index (χ0v) is 29.7. The summed E-state index contributed by atoms with van der Waals surface area (Å²) in [6.07, 6.45) is 7.94. The van der Waals surface area contributed by atoms with Gasteiger partial charge in [-0.15, -0.1) is 0 Å². The van der Waals surface area contributed by atoms with E-state index in [1.165, 1.54) is 37.7 Å². The molecular weight excluding hydrogens is 678 g/mol. The van der Waals surface area contributed by atoms with Crippen molar-refractivity contribution in [3.8, 4) is 45.0 Å². The molecule has 4 heterocycles. The number of nitrogens with two attached hydrogens (primary N) is 1. The molecule has 3 N–H and O–H groups in total. The SMILES string of the molecule is [B]c1c([B])c(-c2cnc(N)c(-c3ccc(NC(=O)c4cn(CC5CCOCC5)cc(-c5ccc(C)cn5)c4=O)cc3F)c2)c([B])c(OC([B])([B])[B])c1OC. The number of nitrogen functional groups attached to an aromatic ring is 1.